The molecule has 0 spiro atoms. The fraction of sp³-hybridized carbons (Fsp3) is 0.667. The van der Waals surface area contributed by atoms with Gasteiger partial charge >= 0.3 is 0 Å². The number of nitrogens with zero attached hydrogens (tertiary/aromatic N) is 4. The Morgan fingerprint density at radius 2 is 2.31 bits per heavy atom. The lowest BCUT2D eigenvalue weighted by atomic mass is 10.2. The number of hydrogen-bond acceptors (Lipinski definition) is 3. The first-order valence-corrected chi connectivity index (χ1v) is 4.69. The molecule has 0 N–H and O–H groups in total. The Hall–Kier alpha value is -1.37. The van der Waals surface area contributed by atoms with Gasteiger partial charge in [-0.1, -0.05) is 6.42 Å². The molecule has 0 radical (unpaired) electrons. The molecular weight excluding hydrogens is 164 g/mol. The summed E-state index contributed by atoms with van der Waals surface area (Å²) in [5.41, 5.74) is 0. The van der Waals surface area contributed by atoms with Crippen LogP contribution in [-0.2, 0) is 19.4 Å². The third-order valence-electron chi connectivity index (χ3n) is 2.30. The average molecular weight is 176 g/mol. The summed E-state index contributed by atoms with van der Waals surface area (Å²) in [6.45, 7) is 0.966. The molecule has 1 aliphatic rings. The van der Waals surface area contributed by atoms with E-state index in [0.717, 1.165) is 18.8 Å². The molecule has 1 aliphatic heterocycles. The van der Waals surface area contributed by atoms with Gasteiger partial charge in [0.15, 0.2) is 5.82 Å². The molecule has 0 unspecified atom stereocenters. The quantitative estimate of drug-likeness (QED) is 0.643. The molecule has 0 amide bonds. The number of aryl methyl sites for hydroxylation is 2. The minimum atomic E-state index is 0.333. The molecule has 4 heteroatoms. The van der Waals surface area contributed by atoms with Gasteiger partial charge in [0.05, 0.1) is 12.5 Å². The zero-order chi connectivity index (χ0) is 9.10. The molecule has 0 saturated heterocycles. The topological polar surface area (TPSA) is 54.5 Å². The maximum absolute atomic E-state index is 8.50. The maximum Gasteiger partial charge on any atom is 0.164 e. The van der Waals surface area contributed by atoms with E-state index in [-0.39, 0.29) is 0 Å². The van der Waals surface area contributed by atoms with Crippen LogP contribution in [0, 0.1) is 11.3 Å². The van der Waals surface area contributed by atoms with E-state index in [1.165, 1.54) is 19.3 Å². The monoisotopic (exact) mass is 176 g/mol. The zero-order valence-corrected chi connectivity index (χ0v) is 7.53. The summed E-state index contributed by atoms with van der Waals surface area (Å²) in [4.78, 5) is 4.33. The van der Waals surface area contributed by atoms with Gasteiger partial charge in [0, 0.05) is 13.0 Å². The predicted molar refractivity (Wildman–Crippen MR) is 46.9 cm³/mol. The van der Waals surface area contributed by atoms with Gasteiger partial charge < -0.3 is 0 Å². The van der Waals surface area contributed by atoms with Crippen LogP contribution in [0.1, 0.15) is 30.9 Å². The van der Waals surface area contributed by atoms with E-state index >= 15 is 0 Å². The molecule has 0 aliphatic carbocycles. The van der Waals surface area contributed by atoms with E-state index in [9.17, 15) is 0 Å². The van der Waals surface area contributed by atoms with Crippen LogP contribution in [0.2, 0.25) is 0 Å². The Bertz CT molecular complexity index is 310. The molecule has 0 aromatic carbocycles. The summed E-state index contributed by atoms with van der Waals surface area (Å²) in [5, 5.41) is 12.8. The summed E-state index contributed by atoms with van der Waals surface area (Å²) in [7, 11) is 0. The Morgan fingerprint density at radius 3 is 3.15 bits per heavy atom. The maximum atomic E-state index is 8.50. The van der Waals surface area contributed by atoms with Crippen LogP contribution in [-0.4, -0.2) is 14.8 Å². The largest absolute Gasteiger partial charge is 0.250 e. The third kappa shape index (κ3) is 1.69. The molecule has 0 saturated carbocycles. The smallest absolute Gasteiger partial charge is 0.164 e. The van der Waals surface area contributed by atoms with Crippen LogP contribution in [0.4, 0.5) is 0 Å². The minimum absolute atomic E-state index is 0.333. The minimum Gasteiger partial charge on any atom is -0.250 e. The van der Waals surface area contributed by atoms with Crippen molar-refractivity contribution in [1.29, 1.82) is 5.26 Å². The lowest BCUT2D eigenvalue weighted by molar-refractivity contribution is 0.571. The highest BCUT2D eigenvalue weighted by atomic mass is 15.3. The first kappa shape index (κ1) is 8.24. The van der Waals surface area contributed by atoms with Crippen molar-refractivity contribution in [1.82, 2.24) is 14.8 Å². The van der Waals surface area contributed by atoms with Gasteiger partial charge in [-0.15, -0.1) is 0 Å². The van der Waals surface area contributed by atoms with Gasteiger partial charge in [-0.2, -0.15) is 10.4 Å². The van der Waals surface area contributed by atoms with Crippen molar-refractivity contribution in [2.24, 2.45) is 0 Å². The van der Waals surface area contributed by atoms with E-state index in [0.29, 0.717) is 12.2 Å². The van der Waals surface area contributed by atoms with Gasteiger partial charge in [-0.05, 0) is 12.8 Å². The Kier molecular flexibility index (Phi) is 2.26. The SMILES string of the molecule is N#CCc1nc2n(n1)CCCCC2. The van der Waals surface area contributed by atoms with Crippen molar-refractivity contribution >= 4 is 0 Å². The average Bonchev–Trinajstić information content (AvgIpc) is 2.37. The first-order valence-electron chi connectivity index (χ1n) is 4.69. The van der Waals surface area contributed by atoms with E-state index in [2.05, 4.69) is 16.2 Å². The highest BCUT2D eigenvalue weighted by molar-refractivity contribution is 4.99. The molecule has 0 bridgehead atoms. The van der Waals surface area contributed by atoms with E-state index in [1.54, 1.807) is 0 Å². The van der Waals surface area contributed by atoms with Crippen LogP contribution in [0.15, 0.2) is 0 Å². The second-order valence-corrected chi connectivity index (χ2v) is 3.31. The number of nitriles is 1. The predicted octanol–water partition coefficient (Wildman–Crippen LogP) is 1.07. The van der Waals surface area contributed by atoms with Crippen molar-refractivity contribution in [3.05, 3.63) is 11.6 Å². The van der Waals surface area contributed by atoms with Crippen LogP contribution < -0.4 is 0 Å². The van der Waals surface area contributed by atoms with Gasteiger partial charge in [0.2, 0.25) is 0 Å². The van der Waals surface area contributed by atoms with E-state index in [4.69, 9.17) is 5.26 Å². The summed E-state index contributed by atoms with van der Waals surface area (Å²) in [5.74, 6) is 1.74. The zero-order valence-electron chi connectivity index (χ0n) is 7.53. The van der Waals surface area contributed by atoms with Crippen LogP contribution in [0.5, 0.6) is 0 Å². The number of aromatic nitrogens is 3. The normalized spacial score (nSPS) is 15.9. The molecule has 1 aromatic rings. The standard InChI is InChI=1S/C9H12N4/c10-6-5-8-11-9-4-2-1-3-7-13(9)12-8/h1-5,7H2. The molecule has 0 atom stereocenters. The Balaban J connectivity index is 2.23. The third-order valence-corrected chi connectivity index (χ3v) is 2.30. The van der Waals surface area contributed by atoms with Crippen LogP contribution >= 0.6 is 0 Å². The summed E-state index contributed by atoms with van der Waals surface area (Å²) >= 11 is 0. The summed E-state index contributed by atoms with van der Waals surface area (Å²) in [6, 6.07) is 2.07. The number of hydrogen-bond donors (Lipinski definition) is 0. The molecule has 1 aromatic heterocycles. The molecule has 2 rings (SSSR count). The first-order chi connectivity index (χ1) is 6.40. The molecule has 68 valence electrons. The number of fused-ring (bicyclic) bond motifs is 1. The second kappa shape index (κ2) is 3.56. The van der Waals surface area contributed by atoms with Crippen molar-refractivity contribution in [2.75, 3.05) is 0 Å². The van der Waals surface area contributed by atoms with Crippen molar-refractivity contribution in [3.63, 3.8) is 0 Å². The molecule has 13 heavy (non-hydrogen) atoms. The Labute approximate surface area is 77.2 Å². The molecule has 2 heterocycles. The summed E-state index contributed by atoms with van der Waals surface area (Å²) < 4.78 is 1.96. The van der Waals surface area contributed by atoms with Gasteiger partial charge in [-0.3, -0.25) is 0 Å². The lowest BCUT2D eigenvalue weighted by Gasteiger charge is -1.96. The highest BCUT2D eigenvalue weighted by Gasteiger charge is 2.11. The Morgan fingerprint density at radius 1 is 1.38 bits per heavy atom. The highest BCUT2D eigenvalue weighted by Crippen LogP contribution is 2.12. The van der Waals surface area contributed by atoms with Gasteiger partial charge in [-0.25, -0.2) is 9.67 Å². The molecular formula is C9H12N4. The van der Waals surface area contributed by atoms with Crippen LogP contribution in [0.25, 0.3) is 0 Å². The van der Waals surface area contributed by atoms with Crippen molar-refractivity contribution < 1.29 is 0 Å². The summed E-state index contributed by atoms with van der Waals surface area (Å²) in [6.07, 6.45) is 4.99. The van der Waals surface area contributed by atoms with Crippen LogP contribution in [0.3, 0.4) is 0 Å². The second-order valence-electron chi connectivity index (χ2n) is 3.31. The fourth-order valence-electron chi connectivity index (χ4n) is 1.66. The van der Waals surface area contributed by atoms with Crippen molar-refractivity contribution in [2.45, 2.75) is 38.6 Å². The van der Waals surface area contributed by atoms with E-state index in [1.807, 2.05) is 4.68 Å². The lowest BCUT2D eigenvalue weighted by Crippen LogP contribution is -2.02. The molecule has 4 nitrogen and oxygen atoms in total. The molecule has 0 fully saturated rings. The van der Waals surface area contributed by atoms with E-state index < -0.39 is 0 Å². The van der Waals surface area contributed by atoms with Crippen molar-refractivity contribution in [3.8, 4) is 6.07 Å². The van der Waals surface area contributed by atoms with Gasteiger partial charge in [0.1, 0.15) is 5.82 Å². The fourth-order valence-corrected chi connectivity index (χ4v) is 1.66. The van der Waals surface area contributed by atoms with Gasteiger partial charge in [0.25, 0.3) is 0 Å². The number of rotatable bonds is 1.